The molecule has 1 aromatic heterocycles. The monoisotopic (exact) mass is 402 g/mol. The van der Waals surface area contributed by atoms with Crippen molar-refractivity contribution in [2.75, 3.05) is 18.5 Å². The van der Waals surface area contributed by atoms with Gasteiger partial charge in [-0.25, -0.2) is 4.98 Å². The van der Waals surface area contributed by atoms with Gasteiger partial charge in [-0.2, -0.15) is 0 Å². The molecular weight excluding hydrogens is 384 g/mol. The molecule has 0 bridgehead atoms. The molecular formula is C20H19ClN2O3S. The number of carbonyl (C=O) groups excluding carboxylic acids is 1. The molecule has 140 valence electrons. The van der Waals surface area contributed by atoms with Gasteiger partial charge in [-0.1, -0.05) is 17.7 Å². The fraction of sp³-hybridized carbons (Fsp3) is 0.200. The molecule has 0 spiro atoms. The third-order valence-electron chi connectivity index (χ3n) is 3.65. The van der Waals surface area contributed by atoms with Gasteiger partial charge in [-0.3, -0.25) is 10.1 Å². The standard InChI is InChI=1S/C20H19ClN2O3S/c1-3-25-16-9-7-14(8-10-16)19-13(2)27-20(23-19)22-18(24)12-26-17-6-4-5-15(21)11-17/h4-11H,3,12H2,1-2H3,(H,22,23,24). The summed E-state index contributed by atoms with van der Waals surface area (Å²) >= 11 is 7.32. The van der Waals surface area contributed by atoms with Gasteiger partial charge in [-0.05, 0) is 56.3 Å². The van der Waals surface area contributed by atoms with Crippen LogP contribution in [0.4, 0.5) is 5.13 Å². The predicted octanol–water partition coefficient (Wildman–Crippen LogP) is 5.19. The minimum absolute atomic E-state index is 0.114. The van der Waals surface area contributed by atoms with E-state index in [4.69, 9.17) is 21.1 Å². The lowest BCUT2D eigenvalue weighted by Crippen LogP contribution is -2.20. The number of anilines is 1. The number of nitrogens with one attached hydrogen (secondary N) is 1. The third kappa shape index (κ3) is 5.21. The van der Waals surface area contributed by atoms with E-state index in [0.717, 1.165) is 21.9 Å². The van der Waals surface area contributed by atoms with Gasteiger partial charge in [0.05, 0.1) is 12.3 Å². The van der Waals surface area contributed by atoms with E-state index in [1.165, 1.54) is 11.3 Å². The number of aromatic nitrogens is 1. The molecule has 3 rings (SSSR count). The van der Waals surface area contributed by atoms with Crippen LogP contribution in [0.5, 0.6) is 11.5 Å². The zero-order chi connectivity index (χ0) is 19.2. The second-order valence-corrected chi connectivity index (χ2v) is 7.32. The number of amides is 1. The van der Waals surface area contributed by atoms with Crippen LogP contribution in [0.2, 0.25) is 5.02 Å². The summed E-state index contributed by atoms with van der Waals surface area (Å²) in [5.74, 6) is 1.09. The highest BCUT2D eigenvalue weighted by Crippen LogP contribution is 2.31. The van der Waals surface area contributed by atoms with Crippen molar-refractivity contribution < 1.29 is 14.3 Å². The van der Waals surface area contributed by atoms with Crippen LogP contribution >= 0.6 is 22.9 Å². The largest absolute Gasteiger partial charge is 0.494 e. The van der Waals surface area contributed by atoms with Crippen LogP contribution in [0.3, 0.4) is 0 Å². The molecule has 1 heterocycles. The van der Waals surface area contributed by atoms with Crippen molar-refractivity contribution in [3.8, 4) is 22.8 Å². The van der Waals surface area contributed by atoms with Crippen LogP contribution in [0.1, 0.15) is 11.8 Å². The maximum atomic E-state index is 12.1. The molecule has 0 aliphatic heterocycles. The molecule has 0 atom stereocenters. The quantitative estimate of drug-likeness (QED) is 0.590. The molecule has 2 aromatic carbocycles. The first kappa shape index (κ1) is 19.2. The maximum absolute atomic E-state index is 12.1. The summed E-state index contributed by atoms with van der Waals surface area (Å²) in [7, 11) is 0. The first-order chi connectivity index (χ1) is 13.0. The van der Waals surface area contributed by atoms with E-state index in [1.54, 1.807) is 24.3 Å². The Bertz CT molecular complexity index is 925. The number of rotatable bonds is 7. The van der Waals surface area contributed by atoms with Crippen molar-refractivity contribution in [2.45, 2.75) is 13.8 Å². The summed E-state index contributed by atoms with van der Waals surface area (Å²) in [5, 5.41) is 3.87. The molecule has 0 aliphatic carbocycles. The number of benzene rings is 2. The number of carbonyl (C=O) groups is 1. The molecule has 1 N–H and O–H groups in total. The summed E-state index contributed by atoms with van der Waals surface area (Å²) in [6.07, 6.45) is 0. The average Bonchev–Trinajstić information content (AvgIpc) is 3.01. The Balaban J connectivity index is 1.62. The lowest BCUT2D eigenvalue weighted by atomic mass is 10.1. The molecule has 7 heteroatoms. The molecule has 0 saturated carbocycles. The van der Waals surface area contributed by atoms with Gasteiger partial charge < -0.3 is 9.47 Å². The number of halogens is 1. The lowest BCUT2D eigenvalue weighted by molar-refractivity contribution is -0.118. The number of aryl methyl sites for hydroxylation is 1. The average molecular weight is 403 g/mol. The number of ether oxygens (including phenoxy) is 2. The number of hydrogen-bond donors (Lipinski definition) is 1. The van der Waals surface area contributed by atoms with Crippen molar-refractivity contribution in [1.82, 2.24) is 4.98 Å². The van der Waals surface area contributed by atoms with Gasteiger partial charge in [0.25, 0.3) is 5.91 Å². The lowest BCUT2D eigenvalue weighted by Gasteiger charge is -2.06. The molecule has 27 heavy (non-hydrogen) atoms. The van der Waals surface area contributed by atoms with E-state index in [1.807, 2.05) is 38.1 Å². The highest BCUT2D eigenvalue weighted by atomic mass is 35.5. The summed E-state index contributed by atoms with van der Waals surface area (Å²) < 4.78 is 10.9. The normalized spacial score (nSPS) is 10.5. The molecule has 0 aliphatic rings. The minimum Gasteiger partial charge on any atom is -0.494 e. The molecule has 1 amide bonds. The van der Waals surface area contributed by atoms with Crippen LogP contribution in [0.25, 0.3) is 11.3 Å². The molecule has 3 aromatic rings. The summed E-state index contributed by atoms with van der Waals surface area (Å²) in [5.41, 5.74) is 1.82. The molecule has 0 fully saturated rings. The molecule has 0 saturated heterocycles. The molecule has 0 unspecified atom stereocenters. The zero-order valence-electron chi connectivity index (χ0n) is 15.0. The van der Waals surface area contributed by atoms with Crippen LogP contribution in [-0.4, -0.2) is 24.1 Å². The third-order valence-corrected chi connectivity index (χ3v) is 4.77. The van der Waals surface area contributed by atoms with Gasteiger partial charge in [0, 0.05) is 15.5 Å². The van der Waals surface area contributed by atoms with Crippen molar-refractivity contribution >= 4 is 34.0 Å². The number of nitrogens with zero attached hydrogens (tertiary/aromatic N) is 1. The first-order valence-electron chi connectivity index (χ1n) is 8.44. The fourth-order valence-corrected chi connectivity index (χ4v) is 3.49. The Labute approximate surface area is 166 Å². The summed E-state index contributed by atoms with van der Waals surface area (Å²) in [6.45, 7) is 4.44. The smallest absolute Gasteiger partial charge is 0.264 e. The van der Waals surface area contributed by atoms with Gasteiger partial charge in [0.1, 0.15) is 11.5 Å². The Hall–Kier alpha value is -2.57. The zero-order valence-corrected chi connectivity index (χ0v) is 16.6. The van der Waals surface area contributed by atoms with Gasteiger partial charge in [0.15, 0.2) is 11.7 Å². The topological polar surface area (TPSA) is 60.5 Å². The van der Waals surface area contributed by atoms with E-state index in [0.29, 0.717) is 22.5 Å². The Morgan fingerprint density at radius 3 is 2.63 bits per heavy atom. The van der Waals surface area contributed by atoms with Crippen LogP contribution in [0.15, 0.2) is 48.5 Å². The second-order valence-electron chi connectivity index (χ2n) is 5.68. The first-order valence-corrected chi connectivity index (χ1v) is 9.63. The van der Waals surface area contributed by atoms with Crippen LogP contribution in [-0.2, 0) is 4.79 Å². The fourth-order valence-electron chi connectivity index (χ4n) is 2.45. The summed E-state index contributed by atoms with van der Waals surface area (Å²) in [6, 6.07) is 14.7. The summed E-state index contributed by atoms with van der Waals surface area (Å²) in [4.78, 5) is 17.7. The van der Waals surface area contributed by atoms with Crippen LogP contribution in [0, 0.1) is 6.92 Å². The van der Waals surface area contributed by atoms with Crippen LogP contribution < -0.4 is 14.8 Å². The number of thiazole rings is 1. The SMILES string of the molecule is CCOc1ccc(-c2nc(NC(=O)COc3cccc(Cl)c3)sc2C)cc1. The highest BCUT2D eigenvalue weighted by Gasteiger charge is 2.13. The Morgan fingerprint density at radius 1 is 1.15 bits per heavy atom. The van der Waals surface area contributed by atoms with Gasteiger partial charge in [0.2, 0.25) is 0 Å². The van der Waals surface area contributed by atoms with E-state index >= 15 is 0 Å². The Kier molecular flexibility index (Phi) is 6.32. The molecule has 0 radical (unpaired) electrons. The van der Waals surface area contributed by atoms with E-state index in [9.17, 15) is 4.79 Å². The van der Waals surface area contributed by atoms with Gasteiger partial charge in [-0.15, -0.1) is 11.3 Å². The predicted molar refractivity (Wildman–Crippen MR) is 109 cm³/mol. The number of hydrogen-bond acceptors (Lipinski definition) is 5. The molecule has 5 nitrogen and oxygen atoms in total. The minimum atomic E-state index is -0.276. The highest BCUT2D eigenvalue weighted by molar-refractivity contribution is 7.16. The maximum Gasteiger partial charge on any atom is 0.264 e. The second kappa shape index (κ2) is 8.88. The van der Waals surface area contributed by atoms with Crippen molar-refractivity contribution in [2.24, 2.45) is 0 Å². The van der Waals surface area contributed by atoms with Crippen molar-refractivity contribution in [1.29, 1.82) is 0 Å². The van der Waals surface area contributed by atoms with E-state index in [-0.39, 0.29) is 12.5 Å². The van der Waals surface area contributed by atoms with Crippen molar-refractivity contribution in [3.63, 3.8) is 0 Å². The van der Waals surface area contributed by atoms with E-state index in [2.05, 4.69) is 10.3 Å². The Morgan fingerprint density at radius 2 is 1.93 bits per heavy atom. The van der Waals surface area contributed by atoms with E-state index < -0.39 is 0 Å². The van der Waals surface area contributed by atoms with Gasteiger partial charge >= 0.3 is 0 Å². The van der Waals surface area contributed by atoms with Crippen molar-refractivity contribution in [3.05, 3.63) is 58.4 Å².